The largest absolute Gasteiger partial charge is 0.355 e. The molecule has 2 aromatic carbocycles. The molecule has 2 aromatic heterocycles. The van der Waals surface area contributed by atoms with Crippen LogP contribution in [-0.2, 0) is 11.3 Å². The number of nitrogens with zero attached hydrogens (tertiary/aromatic N) is 5. The number of hydrogen-bond acceptors (Lipinski definition) is 5. The first-order chi connectivity index (χ1) is 15.7. The zero-order valence-electron chi connectivity index (χ0n) is 17.5. The Balaban J connectivity index is 1.23. The summed E-state index contributed by atoms with van der Waals surface area (Å²) < 4.78 is 1.79. The molecule has 1 saturated heterocycles. The van der Waals surface area contributed by atoms with E-state index in [9.17, 15) is 4.79 Å². The zero-order chi connectivity index (χ0) is 21.9. The number of benzene rings is 2. The Morgan fingerprint density at radius 1 is 0.969 bits per heavy atom. The van der Waals surface area contributed by atoms with Crippen LogP contribution in [0.4, 0.5) is 5.82 Å². The molecule has 7 nitrogen and oxygen atoms in total. The highest BCUT2D eigenvalue weighted by Gasteiger charge is 2.26. The van der Waals surface area contributed by atoms with Crippen molar-refractivity contribution in [3.8, 4) is 11.4 Å². The first kappa shape index (κ1) is 20.5. The van der Waals surface area contributed by atoms with Crippen LogP contribution in [0.5, 0.6) is 0 Å². The van der Waals surface area contributed by atoms with Gasteiger partial charge in [-0.05, 0) is 42.7 Å². The minimum atomic E-state index is 0.0112. The predicted molar refractivity (Wildman–Crippen MR) is 124 cm³/mol. The average Bonchev–Trinajstić information content (AvgIpc) is 3.27. The van der Waals surface area contributed by atoms with Gasteiger partial charge in [0.2, 0.25) is 5.91 Å². The van der Waals surface area contributed by atoms with Crippen LogP contribution in [0.25, 0.3) is 17.0 Å². The number of piperidine rings is 1. The van der Waals surface area contributed by atoms with Crippen molar-refractivity contribution < 1.29 is 4.79 Å². The van der Waals surface area contributed by atoms with E-state index in [1.54, 1.807) is 4.52 Å². The molecule has 8 heteroatoms. The number of fused-ring (bicyclic) bond motifs is 1. The van der Waals surface area contributed by atoms with Crippen LogP contribution in [0.3, 0.4) is 0 Å². The van der Waals surface area contributed by atoms with Gasteiger partial charge >= 0.3 is 0 Å². The Kier molecular flexibility index (Phi) is 5.73. The van der Waals surface area contributed by atoms with E-state index in [-0.39, 0.29) is 11.8 Å². The van der Waals surface area contributed by atoms with Gasteiger partial charge in [-0.3, -0.25) is 4.79 Å². The van der Waals surface area contributed by atoms with E-state index in [2.05, 4.69) is 20.4 Å². The molecule has 0 unspecified atom stereocenters. The monoisotopic (exact) mass is 446 g/mol. The number of carbonyl (C=O) groups is 1. The SMILES string of the molecule is O=C(NCc1ccc(Cl)cc1)C1CCN(c2ccc3nnc(-c4ccccc4)n3n2)CC1. The second-order valence-corrected chi connectivity index (χ2v) is 8.39. The minimum Gasteiger partial charge on any atom is -0.355 e. The molecule has 3 heterocycles. The lowest BCUT2D eigenvalue weighted by molar-refractivity contribution is -0.125. The third-order valence-corrected chi connectivity index (χ3v) is 6.10. The molecule has 0 bridgehead atoms. The number of anilines is 1. The molecule has 4 aromatic rings. The molecule has 0 spiro atoms. The molecule has 0 atom stereocenters. The summed E-state index contributed by atoms with van der Waals surface area (Å²) >= 11 is 5.92. The van der Waals surface area contributed by atoms with Crippen molar-refractivity contribution in [2.75, 3.05) is 18.0 Å². The molecule has 1 N–H and O–H groups in total. The van der Waals surface area contributed by atoms with Crippen molar-refractivity contribution in [2.24, 2.45) is 5.92 Å². The number of aromatic nitrogens is 4. The fraction of sp³-hybridized carbons (Fsp3) is 0.250. The van der Waals surface area contributed by atoms with Gasteiger partial charge in [-0.2, -0.15) is 4.52 Å². The van der Waals surface area contributed by atoms with E-state index in [4.69, 9.17) is 16.7 Å². The van der Waals surface area contributed by atoms with E-state index in [0.29, 0.717) is 17.2 Å². The van der Waals surface area contributed by atoms with Gasteiger partial charge in [0.1, 0.15) is 5.82 Å². The van der Waals surface area contributed by atoms with Gasteiger partial charge in [0.25, 0.3) is 0 Å². The Morgan fingerprint density at radius 2 is 1.72 bits per heavy atom. The smallest absolute Gasteiger partial charge is 0.223 e. The highest BCUT2D eigenvalue weighted by atomic mass is 35.5. The van der Waals surface area contributed by atoms with Gasteiger partial charge in [0, 0.05) is 36.1 Å². The van der Waals surface area contributed by atoms with E-state index >= 15 is 0 Å². The lowest BCUT2D eigenvalue weighted by Crippen LogP contribution is -2.40. The van der Waals surface area contributed by atoms with Crippen LogP contribution in [0.15, 0.2) is 66.7 Å². The first-order valence-corrected chi connectivity index (χ1v) is 11.1. The number of rotatable bonds is 5. The molecular formula is C24H23ClN6O. The van der Waals surface area contributed by atoms with E-state index in [1.807, 2.05) is 66.7 Å². The summed E-state index contributed by atoms with van der Waals surface area (Å²) in [6, 6.07) is 21.4. The predicted octanol–water partition coefficient (Wildman–Crippen LogP) is 3.98. The van der Waals surface area contributed by atoms with Gasteiger partial charge in [-0.1, -0.05) is 54.1 Å². The summed E-state index contributed by atoms with van der Waals surface area (Å²) in [6.07, 6.45) is 1.58. The maximum absolute atomic E-state index is 12.6. The molecule has 1 aliphatic rings. The van der Waals surface area contributed by atoms with Crippen molar-refractivity contribution >= 4 is 29.0 Å². The Labute approximate surface area is 191 Å². The second kappa shape index (κ2) is 8.96. The normalized spacial score (nSPS) is 14.6. The van der Waals surface area contributed by atoms with Gasteiger partial charge in [-0.25, -0.2) is 0 Å². The summed E-state index contributed by atoms with van der Waals surface area (Å²) in [5.74, 6) is 1.71. The molecule has 32 heavy (non-hydrogen) atoms. The molecular weight excluding hydrogens is 424 g/mol. The third kappa shape index (κ3) is 4.29. The maximum atomic E-state index is 12.6. The summed E-state index contributed by atoms with van der Waals surface area (Å²) in [7, 11) is 0. The van der Waals surface area contributed by atoms with Gasteiger partial charge in [0.15, 0.2) is 11.5 Å². The van der Waals surface area contributed by atoms with Crippen LogP contribution in [-0.4, -0.2) is 38.8 Å². The summed E-state index contributed by atoms with van der Waals surface area (Å²) in [4.78, 5) is 14.9. The lowest BCUT2D eigenvalue weighted by Gasteiger charge is -2.32. The highest BCUT2D eigenvalue weighted by Crippen LogP contribution is 2.24. The number of halogens is 1. The summed E-state index contributed by atoms with van der Waals surface area (Å²) in [5, 5.41) is 17.1. The number of carbonyl (C=O) groups excluding carboxylic acids is 1. The van der Waals surface area contributed by atoms with E-state index in [0.717, 1.165) is 48.7 Å². The Morgan fingerprint density at radius 3 is 2.47 bits per heavy atom. The van der Waals surface area contributed by atoms with Crippen LogP contribution in [0.1, 0.15) is 18.4 Å². The Hall–Kier alpha value is -3.45. The standard InChI is InChI=1S/C24H23ClN6O/c25-20-8-6-17(7-9-20)16-26-24(32)19-12-14-30(15-13-19)22-11-10-21-27-28-23(31(21)29-22)18-4-2-1-3-5-18/h1-11,19H,12-16H2,(H,26,32). The molecule has 5 rings (SSSR count). The summed E-state index contributed by atoms with van der Waals surface area (Å²) in [5.41, 5.74) is 2.73. The van der Waals surface area contributed by atoms with Crippen molar-refractivity contribution in [2.45, 2.75) is 19.4 Å². The third-order valence-electron chi connectivity index (χ3n) is 5.85. The van der Waals surface area contributed by atoms with E-state index in [1.165, 1.54) is 0 Å². The van der Waals surface area contributed by atoms with Gasteiger partial charge < -0.3 is 10.2 Å². The number of amides is 1. The summed E-state index contributed by atoms with van der Waals surface area (Å²) in [6.45, 7) is 2.07. The molecule has 0 aliphatic carbocycles. The quantitative estimate of drug-likeness (QED) is 0.502. The van der Waals surface area contributed by atoms with Crippen molar-refractivity contribution in [3.63, 3.8) is 0 Å². The highest BCUT2D eigenvalue weighted by molar-refractivity contribution is 6.30. The molecule has 1 aliphatic heterocycles. The number of hydrogen-bond donors (Lipinski definition) is 1. The van der Waals surface area contributed by atoms with Crippen molar-refractivity contribution in [3.05, 3.63) is 77.3 Å². The van der Waals surface area contributed by atoms with Crippen LogP contribution in [0.2, 0.25) is 5.02 Å². The van der Waals surface area contributed by atoms with Crippen molar-refractivity contribution in [1.82, 2.24) is 25.1 Å². The van der Waals surface area contributed by atoms with Crippen LogP contribution < -0.4 is 10.2 Å². The first-order valence-electron chi connectivity index (χ1n) is 10.7. The van der Waals surface area contributed by atoms with Crippen LogP contribution in [0, 0.1) is 5.92 Å². The average molecular weight is 447 g/mol. The number of nitrogens with one attached hydrogen (secondary N) is 1. The van der Waals surface area contributed by atoms with Crippen LogP contribution >= 0.6 is 11.6 Å². The fourth-order valence-electron chi connectivity index (χ4n) is 4.02. The van der Waals surface area contributed by atoms with Crippen molar-refractivity contribution in [1.29, 1.82) is 0 Å². The molecule has 1 amide bonds. The minimum absolute atomic E-state index is 0.0112. The molecule has 162 valence electrons. The van der Waals surface area contributed by atoms with Gasteiger partial charge in [0.05, 0.1) is 0 Å². The molecule has 1 fully saturated rings. The maximum Gasteiger partial charge on any atom is 0.223 e. The second-order valence-electron chi connectivity index (χ2n) is 7.96. The zero-order valence-corrected chi connectivity index (χ0v) is 18.2. The molecule has 0 saturated carbocycles. The fourth-order valence-corrected chi connectivity index (χ4v) is 4.15. The topological polar surface area (TPSA) is 75.4 Å². The lowest BCUT2D eigenvalue weighted by atomic mass is 9.96. The van der Waals surface area contributed by atoms with Gasteiger partial charge in [-0.15, -0.1) is 15.3 Å². The Bertz CT molecular complexity index is 1220. The van der Waals surface area contributed by atoms with E-state index < -0.39 is 0 Å². The molecule has 0 radical (unpaired) electrons.